The summed E-state index contributed by atoms with van der Waals surface area (Å²) in [6.45, 7) is 6.01. The van der Waals surface area contributed by atoms with E-state index < -0.39 is 0 Å². The molecular formula is C30H34N4O3. The SMILES string of the molecule is CC(C(=O)Cc1cc(C2CC2)n[nH]1)c1ccc(-c2ccc(NC(=O)/C=C/CN3CCOCC3)cc2)cc1. The lowest BCUT2D eigenvalue weighted by molar-refractivity contribution is -0.119. The van der Waals surface area contributed by atoms with Gasteiger partial charge in [0.25, 0.3) is 0 Å². The minimum absolute atomic E-state index is 0.136. The molecule has 3 aromatic rings. The number of Topliss-reactive ketones (excluding diaryl/α,β-unsaturated/α-hetero) is 1. The van der Waals surface area contributed by atoms with E-state index >= 15 is 0 Å². The van der Waals surface area contributed by atoms with Gasteiger partial charge >= 0.3 is 0 Å². The van der Waals surface area contributed by atoms with Crippen molar-refractivity contribution in [2.45, 2.75) is 38.0 Å². The number of ether oxygens (including phenoxy) is 1. The lowest BCUT2D eigenvalue weighted by atomic mass is 9.92. The van der Waals surface area contributed by atoms with E-state index in [0.29, 0.717) is 12.3 Å². The van der Waals surface area contributed by atoms with Crippen LogP contribution in [0.1, 0.15) is 48.6 Å². The molecule has 1 aromatic heterocycles. The summed E-state index contributed by atoms with van der Waals surface area (Å²) in [5, 5.41) is 10.3. The van der Waals surface area contributed by atoms with Gasteiger partial charge in [-0.15, -0.1) is 0 Å². The first-order valence-electron chi connectivity index (χ1n) is 13.1. The van der Waals surface area contributed by atoms with Crippen molar-refractivity contribution in [2.24, 2.45) is 0 Å². The quantitative estimate of drug-likeness (QED) is 0.396. The smallest absolute Gasteiger partial charge is 0.248 e. The summed E-state index contributed by atoms with van der Waals surface area (Å²) < 4.78 is 5.34. The summed E-state index contributed by atoms with van der Waals surface area (Å²) in [5.74, 6) is 0.439. The van der Waals surface area contributed by atoms with Crippen molar-refractivity contribution in [1.82, 2.24) is 15.1 Å². The number of nitrogens with zero attached hydrogens (tertiary/aromatic N) is 2. The molecule has 1 saturated carbocycles. The number of amides is 1. The van der Waals surface area contributed by atoms with Crippen LogP contribution in [0.15, 0.2) is 66.7 Å². The third kappa shape index (κ3) is 6.81. The maximum atomic E-state index is 12.8. The largest absolute Gasteiger partial charge is 0.379 e. The van der Waals surface area contributed by atoms with Gasteiger partial charge in [-0.3, -0.25) is 19.6 Å². The van der Waals surface area contributed by atoms with Crippen LogP contribution in [0.2, 0.25) is 0 Å². The van der Waals surface area contributed by atoms with E-state index in [1.54, 1.807) is 6.08 Å². The average Bonchev–Trinajstić information content (AvgIpc) is 3.68. The number of hydrogen-bond donors (Lipinski definition) is 2. The molecule has 37 heavy (non-hydrogen) atoms. The van der Waals surface area contributed by atoms with Crippen LogP contribution in [0.5, 0.6) is 0 Å². The minimum atomic E-state index is -0.185. The molecule has 0 bridgehead atoms. The van der Waals surface area contributed by atoms with Gasteiger partial charge in [-0.05, 0) is 47.7 Å². The first-order valence-corrected chi connectivity index (χ1v) is 13.1. The monoisotopic (exact) mass is 498 g/mol. The van der Waals surface area contributed by atoms with Gasteiger partial charge in [0, 0.05) is 55.3 Å². The molecule has 0 spiro atoms. The predicted octanol–water partition coefficient (Wildman–Crippen LogP) is 4.70. The Morgan fingerprint density at radius 2 is 1.76 bits per heavy atom. The van der Waals surface area contributed by atoms with Crippen molar-refractivity contribution in [3.8, 4) is 11.1 Å². The second kappa shape index (κ2) is 11.7. The zero-order chi connectivity index (χ0) is 25.6. The predicted molar refractivity (Wildman–Crippen MR) is 145 cm³/mol. The molecule has 0 radical (unpaired) electrons. The average molecular weight is 499 g/mol. The van der Waals surface area contributed by atoms with Gasteiger partial charge in [0.05, 0.1) is 18.9 Å². The molecule has 1 amide bonds. The topological polar surface area (TPSA) is 87.3 Å². The molecule has 7 heteroatoms. The molecule has 1 aliphatic carbocycles. The summed E-state index contributed by atoms with van der Waals surface area (Å²) in [6.07, 6.45) is 6.25. The van der Waals surface area contributed by atoms with Gasteiger partial charge in [0.1, 0.15) is 5.78 Å². The number of anilines is 1. The molecule has 1 saturated heterocycles. The van der Waals surface area contributed by atoms with Crippen LogP contribution >= 0.6 is 0 Å². The van der Waals surface area contributed by atoms with Crippen LogP contribution in [0.3, 0.4) is 0 Å². The molecule has 5 rings (SSSR count). The maximum absolute atomic E-state index is 12.8. The summed E-state index contributed by atoms with van der Waals surface area (Å²) in [6, 6.07) is 18.0. The summed E-state index contributed by atoms with van der Waals surface area (Å²) in [5.41, 5.74) is 5.86. The number of benzene rings is 2. The first kappa shape index (κ1) is 25.1. The van der Waals surface area contributed by atoms with Gasteiger partial charge in [0.15, 0.2) is 0 Å². The highest BCUT2D eigenvalue weighted by Crippen LogP contribution is 2.39. The van der Waals surface area contributed by atoms with Crippen LogP contribution in [-0.4, -0.2) is 59.6 Å². The van der Waals surface area contributed by atoms with E-state index in [0.717, 1.165) is 66.6 Å². The second-order valence-corrected chi connectivity index (χ2v) is 9.96. The number of rotatable bonds is 10. The molecule has 1 unspecified atom stereocenters. The normalized spacial score (nSPS) is 17.1. The molecule has 2 heterocycles. The second-order valence-electron chi connectivity index (χ2n) is 9.96. The van der Waals surface area contributed by atoms with Crippen molar-refractivity contribution >= 4 is 17.4 Å². The van der Waals surface area contributed by atoms with Crippen LogP contribution in [0, 0.1) is 0 Å². The summed E-state index contributed by atoms with van der Waals surface area (Å²) in [7, 11) is 0. The number of carbonyl (C=O) groups is 2. The Bertz CT molecular complexity index is 1240. The number of hydrogen-bond acceptors (Lipinski definition) is 5. The zero-order valence-corrected chi connectivity index (χ0v) is 21.3. The van der Waals surface area contributed by atoms with Crippen molar-refractivity contribution in [3.05, 3.63) is 83.7 Å². The van der Waals surface area contributed by atoms with Gasteiger partial charge in [0.2, 0.25) is 5.91 Å². The van der Waals surface area contributed by atoms with Gasteiger partial charge in [-0.1, -0.05) is 49.4 Å². The minimum Gasteiger partial charge on any atom is -0.379 e. The Balaban J connectivity index is 1.12. The van der Waals surface area contributed by atoms with E-state index in [9.17, 15) is 9.59 Å². The molecular weight excluding hydrogens is 464 g/mol. The Kier molecular flexibility index (Phi) is 7.92. The van der Waals surface area contributed by atoms with E-state index in [4.69, 9.17) is 4.74 Å². The Morgan fingerprint density at radius 3 is 2.43 bits per heavy atom. The Labute approximate surface area is 217 Å². The maximum Gasteiger partial charge on any atom is 0.248 e. The van der Waals surface area contributed by atoms with E-state index in [2.05, 4.69) is 20.4 Å². The van der Waals surface area contributed by atoms with Crippen molar-refractivity contribution in [1.29, 1.82) is 0 Å². The molecule has 2 fully saturated rings. The number of ketones is 1. The number of morpholine rings is 1. The van der Waals surface area contributed by atoms with E-state index in [-0.39, 0.29) is 17.6 Å². The Hall–Kier alpha value is -3.55. The molecule has 2 aromatic carbocycles. The lowest BCUT2D eigenvalue weighted by Crippen LogP contribution is -2.36. The summed E-state index contributed by atoms with van der Waals surface area (Å²) in [4.78, 5) is 27.3. The third-order valence-electron chi connectivity index (χ3n) is 7.13. The highest BCUT2D eigenvalue weighted by Gasteiger charge is 2.26. The van der Waals surface area contributed by atoms with Gasteiger partial charge < -0.3 is 10.1 Å². The molecule has 1 aliphatic heterocycles. The molecule has 2 aliphatic rings. The highest BCUT2D eigenvalue weighted by molar-refractivity contribution is 5.99. The zero-order valence-electron chi connectivity index (χ0n) is 21.3. The standard InChI is InChI=1S/C30H34N4O3/c1-21(29(35)20-27-19-28(33-32-27)25-8-9-25)22-4-6-23(7-5-22)24-10-12-26(13-11-24)31-30(36)3-2-14-34-15-17-37-18-16-34/h2-7,10-13,19,21,25H,8-9,14-18,20H2,1H3,(H,31,36)(H,32,33)/b3-2+. The third-order valence-corrected chi connectivity index (χ3v) is 7.13. The fourth-order valence-corrected chi connectivity index (χ4v) is 4.57. The Morgan fingerprint density at radius 1 is 1.08 bits per heavy atom. The van der Waals surface area contributed by atoms with Gasteiger partial charge in [-0.25, -0.2) is 0 Å². The molecule has 192 valence electrons. The van der Waals surface area contributed by atoms with Crippen molar-refractivity contribution in [2.75, 3.05) is 38.2 Å². The highest BCUT2D eigenvalue weighted by atomic mass is 16.5. The van der Waals surface area contributed by atoms with Crippen molar-refractivity contribution in [3.63, 3.8) is 0 Å². The number of nitrogens with one attached hydrogen (secondary N) is 2. The first-order chi connectivity index (χ1) is 18.0. The van der Waals surface area contributed by atoms with Crippen LogP contribution in [0.25, 0.3) is 11.1 Å². The number of aromatic nitrogens is 2. The van der Waals surface area contributed by atoms with Crippen LogP contribution in [0.4, 0.5) is 5.69 Å². The number of carbonyl (C=O) groups excluding carboxylic acids is 2. The van der Waals surface area contributed by atoms with E-state index in [1.165, 1.54) is 12.8 Å². The number of H-pyrrole nitrogens is 1. The van der Waals surface area contributed by atoms with Crippen LogP contribution < -0.4 is 5.32 Å². The van der Waals surface area contributed by atoms with Gasteiger partial charge in [-0.2, -0.15) is 5.10 Å². The van der Waals surface area contributed by atoms with Crippen molar-refractivity contribution < 1.29 is 14.3 Å². The summed E-state index contributed by atoms with van der Waals surface area (Å²) >= 11 is 0. The lowest BCUT2D eigenvalue weighted by Gasteiger charge is -2.25. The fraction of sp³-hybridized carbons (Fsp3) is 0.367. The molecule has 2 N–H and O–H groups in total. The molecule has 7 nitrogen and oxygen atoms in total. The van der Waals surface area contributed by atoms with E-state index in [1.807, 2.05) is 67.6 Å². The van der Waals surface area contributed by atoms with Crippen LogP contribution in [-0.2, 0) is 20.7 Å². The molecule has 1 atom stereocenters. The fourth-order valence-electron chi connectivity index (χ4n) is 4.57. The number of aromatic amines is 1.